The molecule has 4 heteroatoms. The van der Waals surface area contributed by atoms with Gasteiger partial charge >= 0.3 is 11.9 Å². The van der Waals surface area contributed by atoms with Crippen LogP contribution in [0.15, 0.2) is 11.6 Å². The van der Waals surface area contributed by atoms with Gasteiger partial charge in [-0.25, -0.2) is 0 Å². The second-order valence-corrected chi connectivity index (χ2v) is 14.3. The van der Waals surface area contributed by atoms with E-state index in [1.807, 2.05) is 6.92 Å². The molecule has 0 aromatic carbocycles. The zero-order chi connectivity index (χ0) is 27.0. The van der Waals surface area contributed by atoms with Gasteiger partial charge in [0.05, 0.1) is 0 Å². The van der Waals surface area contributed by atoms with Crippen molar-refractivity contribution in [3.63, 3.8) is 0 Å². The van der Waals surface area contributed by atoms with Crippen LogP contribution in [0.25, 0.3) is 0 Å². The van der Waals surface area contributed by atoms with Crippen LogP contribution in [0.4, 0.5) is 0 Å². The topological polar surface area (TPSA) is 63.6 Å². The normalized spacial score (nSPS) is 38.7. The molecular weight excluding hydrogens is 460 g/mol. The minimum Gasteiger partial charge on any atom is -0.481 e. The Kier molecular flexibility index (Phi) is 8.86. The highest BCUT2D eigenvalue weighted by Gasteiger charge is 2.59. The van der Waals surface area contributed by atoms with Crippen molar-refractivity contribution in [2.45, 2.75) is 131 Å². The second-order valence-electron chi connectivity index (χ2n) is 14.3. The van der Waals surface area contributed by atoms with Gasteiger partial charge in [-0.3, -0.25) is 9.59 Å². The van der Waals surface area contributed by atoms with Gasteiger partial charge in [0.1, 0.15) is 6.10 Å². The fourth-order valence-electron chi connectivity index (χ4n) is 9.63. The van der Waals surface area contributed by atoms with Crippen LogP contribution in [0.2, 0.25) is 0 Å². The van der Waals surface area contributed by atoms with E-state index in [1.54, 1.807) is 0 Å². The Balaban J connectivity index is 1.42. The molecule has 0 spiro atoms. The molecule has 4 rings (SSSR count). The Hall–Kier alpha value is -1.32. The molecular formula is C33H54O4. The van der Waals surface area contributed by atoms with Gasteiger partial charge in [0.15, 0.2) is 5.92 Å². The third kappa shape index (κ3) is 5.55. The second kappa shape index (κ2) is 11.4. The first-order chi connectivity index (χ1) is 17.5. The van der Waals surface area contributed by atoms with Gasteiger partial charge in [-0.15, -0.1) is 0 Å². The van der Waals surface area contributed by atoms with Crippen molar-refractivity contribution in [1.82, 2.24) is 0 Å². The van der Waals surface area contributed by atoms with Crippen molar-refractivity contribution < 1.29 is 19.4 Å². The molecule has 0 saturated heterocycles. The lowest BCUT2D eigenvalue weighted by atomic mass is 9.47. The minimum atomic E-state index is -1.05. The first kappa shape index (κ1) is 28.7. The summed E-state index contributed by atoms with van der Waals surface area (Å²) in [6.07, 6.45) is 16.9. The Morgan fingerprint density at radius 2 is 1.78 bits per heavy atom. The van der Waals surface area contributed by atoms with Crippen LogP contribution in [-0.2, 0) is 14.3 Å². The number of carbonyl (C=O) groups excluding carboxylic acids is 1. The molecule has 4 aliphatic carbocycles. The van der Waals surface area contributed by atoms with Crippen molar-refractivity contribution in [2.75, 3.05) is 0 Å². The summed E-state index contributed by atoms with van der Waals surface area (Å²) in [5.74, 6) is 2.29. The highest BCUT2D eigenvalue weighted by Crippen LogP contribution is 2.67. The Labute approximate surface area is 226 Å². The van der Waals surface area contributed by atoms with Crippen molar-refractivity contribution in [3.05, 3.63) is 11.6 Å². The fourth-order valence-corrected chi connectivity index (χ4v) is 9.63. The van der Waals surface area contributed by atoms with E-state index < -0.39 is 17.9 Å². The van der Waals surface area contributed by atoms with Crippen LogP contribution in [0.5, 0.6) is 0 Å². The molecule has 0 aromatic rings. The Bertz CT molecular complexity index is 860. The zero-order valence-corrected chi connectivity index (χ0v) is 24.6. The monoisotopic (exact) mass is 514 g/mol. The molecule has 1 unspecified atom stereocenters. The highest BCUT2D eigenvalue weighted by molar-refractivity contribution is 5.93. The molecule has 0 aromatic heterocycles. The maximum Gasteiger partial charge on any atom is 0.320 e. The molecule has 0 amide bonds. The number of hydrogen-bond donors (Lipinski definition) is 1. The van der Waals surface area contributed by atoms with E-state index in [0.717, 1.165) is 54.8 Å². The number of aliphatic carboxylic acids is 1. The predicted octanol–water partition coefficient (Wildman–Crippen LogP) is 8.44. The lowest BCUT2D eigenvalue weighted by Gasteiger charge is -2.58. The maximum absolute atomic E-state index is 12.6. The Morgan fingerprint density at radius 1 is 1.03 bits per heavy atom. The number of allylic oxidation sites excluding steroid dienone is 1. The quantitative estimate of drug-likeness (QED) is 0.180. The van der Waals surface area contributed by atoms with Crippen LogP contribution in [0.3, 0.4) is 0 Å². The van der Waals surface area contributed by atoms with Gasteiger partial charge < -0.3 is 9.84 Å². The molecule has 37 heavy (non-hydrogen) atoms. The minimum absolute atomic E-state index is 0.168. The molecule has 9 atom stereocenters. The summed E-state index contributed by atoms with van der Waals surface area (Å²) in [4.78, 5) is 24.2. The molecule has 0 heterocycles. The largest absolute Gasteiger partial charge is 0.481 e. The average molecular weight is 515 g/mol. The molecule has 0 aliphatic heterocycles. The molecule has 0 bridgehead atoms. The van der Waals surface area contributed by atoms with Gasteiger partial charge in [0, 0.05) is 6.42 Å². The van der Waals surface area contributed by atoms with E-state index in [-0.39, 0.29) is 11.5 Å². The van der Waals surface area contributed by atoms with Gasteiger partial charge in [-0.2, -0.15) is 0 Å². The average Bonchev–Trinajstić information content (AvgIpc) is 3.19. The fraction of sp³-hybridized carbons (Fsp3) is 0.879. The maximum atomic E-state index is 12.6. The lowest BCUT2D eigenvalue weighted by molar-refractivity contribution is -0.164. The first-order valence-corrected chi connectivity index (χ1v) is 15.6. The van der Waals surface area contributed by atoms with Crippen LogP contribution in [0, 0.1) is 52.3 Å². The molecule has 210 valence electrons. The van der Waals surface area contributed by atoms with E-state index in [2.05, 4.69) is 40.7 Å². The number of ether oxygens (including phenoxy) is 1. The SMILES string of the molecule is CCCC(C(=O)O)C(=O)O[C@H]1CC[C@@]2(C)C(=CC[C@H]3[C@@H]4CC[C@H]([C@H](C)CCCC(C)C)[C@@]4(C)CC[C@@H]32)C1. The smallest absolute Gasteiger partial charge is 0.320 e. The summed E-state index contributed by atoms with van der Waals surface area (Å²) < 4.78 is 5.81. The number of esters is 1. The van der Waals surface area contributed by atoms with Gasteiger partial charge in [0.2, 0.25) is 0 Å². The summed E-state index contributed by atoms with van der Waals surface area (Å²) in [7, 11) is 0. The number of carbonyl (C=O) groups is 2. The third-order valence-electron chi connectivity index (χ3n) is 11.7. The van der Waals surface area contributed by atoms with Crippen LogP contribution in [0.1, 0.15) is 125 Å². The van der Waals surface area contributed by atoms with Gasteiger partial charge in [-0.1, -0.05) is 78.9 Å². The number of carboxylic acids is 1. The summed E-state index contributed by atoms with van der Waals surface area (Å²) in [6.45, 7) is 14.3. The van der Waals surface area contributed by atoms with Gasteiger partial charge in [-0.05, 0) is 97.7 Å². The van der Waals surface area contributed by atoms with E-state index >= 15 is 0 Å². The number of hydrogen-bond acceptors (Lipinski definition) is 3. The van der Waals surface area contributed by atoms with Crippen molar-refractivity contribution in [1.29, 1.82) is 0 Å². The van der Waals surface area contributed by atoms with Crippen molar-refractivity contribution >= 4 is 11.9 Å². The van der Waals surface area contributed by atoms with E-state index in [0.29, 0.717) is 18.3 Å². The lowest BCUT2D eigenvalue weighted by Crippen LogP contribution is -2.51. The van der Waals surface area contributed by atoms with Crippen molar-refractivity contribution in [3.8, 4) is 0 Å². The van der Waals surface area contributed by atoms with Crippen LogP contribution >= 0.6 is 0 Å². The van der Waals surface area contributed by atoms with E-state index in [4.69, 9.17) is 4.74 Å². The molecule has 1 N–H and O–H groups in total. The molecule has 3 saturated carbocycles. The highest BCUT2D eigenvalue weighted by atomic mass is 16.5. The van der Waals surface area contributed by atoms with E-state index in [9.17, 15) is 14.7 Å². The number of carboxylic acid groups (broad SMARTS) is 1. The molecule has 3 fully saturated rings. The van der Waals surface area contributed by atoms with E-state index in [1.165, 1.54) is 56.9 Å². The summed E-state index contributed by atoms with van der Waals surface area (Å²) in [6, 6.07) is 0. The standard InChI is InChI=1S/C33H54O4/c1-7-9-26(30(34)35)31(36)37-24-16-18-32(5)23(20-24)12-13-25-28-15-14-27(22(4)11-8-10-21(2)3)33(28,6)19-17-29(25)32/h12,21-22,24-29H,7-11,13-20H2,1-6H3,(H,34,35)/t22-,24+,25+,26?,27-,28+,29+,32+,33-/m1/s1. The van der Waals surface area contributed by atoms with Crippen LogP contribution in [-0.4, -0.2) is 23.1 Å². The summed E-state index contributed by atoms with van der Waals surface area (Å²) in [5, 5.41) is 9.46. The number of rotatable bonds is 10. The predicted molar refractivity (Wildman–Crippen MR) is 149 cm³/mol. The first-order valence-electron chi connectivity index (χ1n) is 15.6. The summed E-state index contributed by atoms with van der Waals surface area (Å²) in [5.41, 5.74) is 2.20. The number of fused-ring (bicyclic) bond motifs is 5. The third-order valence-corrected chi connectivity index (χ3v) is 11.7. The zero-order valence-electron chi connectivity index (χ0n) is 24.6. The van der Waals surface area contributed by atoms with Gasteiger partial charge in [0.25, 0.3) is 0 Å². The van der Waals surface area contributed by atoms with Crippen LogP contribution < -0.4 is 0 Å². The molecule has 4 nitrogen and oxygen atoms in total. The molecule has 4 aliphatic rings. The Morgan fingerprint density at radius 3 is 2.46 bits per heavy atom. The molecule has 0 radical (unpaired) electrons. The summed E-state index contributed by atoms with van der Waals surface area (Å²) >= 11 is 0. The van der Waals surface area contributed by atoms with Crippen molar-refractivity contribution in [2.24, 2.45) is 52.3 Å².